The van der Waals surface area contributed by atoms with Gasteiger partial charge in [0.05, 0.1) is 6.61 Å². The molecule has 0 unspecified atom stereocenters. The van der Waals surface area contributed by atoms with Gasteiger partial charge in [-0.2, -0.15) is 20.2 Å². The molecule has 0 fully saturated rings. The fourth-order valence-electron chi connectivity index (χ4n) is 1.50. The van der Waals surface area contributed by atoms with Crippen LogP contribution in [0.4, 0.5) is 11.9 Å². The zero-order valence-corrected chi connectivity index (χ0v) is 12.1. The van der Waals surface area contributed by atoms with Gasteiger partial charge in [0.15, 0.2) is 6.61 Å². The van der Waals surface area contributed by atoms with E-state index in [2.05, 4.69) is 20.3 Å². The van der Waals surface area contributed by atoms with Gasteiger partial charge in [0.1, 0.15) is 6.07 Å². The Balaban J connectivity index is 2.91. The van der Waals surface area contributed by atoms with Crippen molar-refractivity contribution in [3.63, 3.8) is 0 Å². The maximum Gasteiger partial charge on any atom is 0.324 e. The number of methoxy groups -OCH3 is 1. The average Bonchev–Trinajstić information content (AvgIpc) is 2.47. The van der Waals surface area contributed by atoms with Crippen LogP contribution in [-0.4, -0.2) is 54.9 Å². The van der Waals surface area contributed by atoms with E-state index >= 15 is 0 Å². The number of ether oxygens (including phenoxy) is 2. The Labute approximate surface area is 118 Å². The van der Waals surface area contributed by atoms with Gasteiger partial charge >= 0.3 is 6.01 Å². The third-order valence-electron chi connectivity index (χ3n) is 2.50. The number of nitrogens with zero attached hydrogens (tertiary/aromatic N) is 5. The molecule has 1 N–H and O–H groups in total. The van der Waals surface area contributed by atoms with Crippen LogP contribution in [0, 0.1) is 11.3 Å². The summed E-state index contributed by atoms with van der Waals surface area (Å²) < 4.78 is 10.1. The van der Waals surface area contributed by atoms with Crippen LogP contribution in [0.3, 0.4) is 0 Å². The average molecular weight is 280 g/mol. The second kappa shape index (κ2) is 8.87. The standard InChI is InChI=1S/C12H20N6O2/c1-4-18(5-2)11-15-10(14-7-9-19-3)16-12(17-11)20-8-6-13/h4-5,7-9H2,1-3H3,(H,14,15,16,17). The van der Waals surface area contributed by atoms with Gasteiger partial charge in [-0.3, -0.25) is 0 Å². The first-order valence-corrected chi connectivity index (χ1v) is 6.48. The predicted octanol–water partition coefficient (Wildman–Crippen LogP) is 0.678. The van der Waals surface area contributed by atoms with Crippen molar-refractivity contribution < 1.29 is 9.47 Å². The molecule has 0 atom stereocenters. The summed E-state index contributed by atoms with van der Waals surface area (Å²) in [5.74, 6) is 0.935. The Morgan fingerprint density at radius 3 is 2.60 bits per heavy atom. The van der Waals surface area contributed by atoms with Gasteiger partial charge in [-0.1, -0.05) is 0 Å². The molecule has 0 saturated heterocycles. The molecule has 0 aliphatic carbocycles. The predicted molar refractivity (Wildman–Crippen MR) is 74.9 cm³/mol. The zero-order chi connectivity index (χ0) is 14.8. The lowest BCUT2D eigenvalue weighted by Crippen LogP contribution is -2.25. The second-order valence-corrected chi connectivity index (χ2v) is 3.78. The Morgan fingerprint density at radius 1 is 1.25 bits per heavy atom. The van der Waals surface area contributed by atoms with Gasteiger partial charge in [-0.25, -0.2) is 0 Å². The fraction of sp³-hybridized carbons (Fsp3) is 0.667. The molecule has 1 aromatic heterocycles. The van der Waals surface area contributed by atoms with Gasteiger partial charge < -0.3 is 19.7 Å². The van der Waals surface area contributed by atoms with Crippen LogP contribution >= 0.6 is 0 Å². The molecule has 0 aliphatic rings. The quantitative estimate of drug-likeness (QED) is 0.660. The molecule has 0 aliphatic heterocycles. The molecular formula is C12H20N6O2. The molecule has 0 spiro atoms. The molecule has 0 amide bonds. The summed E-state index contributed by atoms with van der Waals surface area (Å²) in [6.07, 6.45) is 0. The summed E-state index contributed by atoms with van der Waals surface area (Å²) in [6, 6.07) is 2.03. The minimum atomic E-state index is -0.0980. The summed E-state index contributed by atoms with van der Waals surface area (Å²) in [4.78, 5) is 14.6. The fourth-order valence-corrected chi connectivity index (χ4v) is 1.50. The minimum absolute atomic E-state index is 0.0980. The summed E-state index contributed by atoms with van der Waals surface area (Å²) in [5.41, 5.74) is 0. The molecule has 0 radical (unpaired) electrons. The Hall–Kier alpha value is -2.14. The molecule has 0 bridgehead atoms. The number of nitrogens with one attached hydrogen (secondary N) is 1. The van der Waals surface area contributed by atoms with E-state index in [-0.39, 0.29) is 12.6 Å². The van der Waals surface area contributed by atoms with Gasteiger partial charge in [0.2, 0.25) is 11.9 Å². The number of aromatic nitrogens is 3. The number of anilines is 2. The normalized spacial score (nSPS) is 9.90. The van der Waals surface area contributed by atoms with E-state index in [4.69, 9.17) is 14.7 Å². The van der Waals surface area contributed by atoms with Crippen LogP contribution in [-0.2, 0) is 4.74 Å². The lowest BCUT2D eigenvalue weighted by atomic mass is 10.5. The van der Waals surface area contributed by atoms with Crippen molar-refractivity contribution in [1.82, 2.24) is 15.0 Å². The third kappa shape index (κ3) is 4.85. The summed E-state index contributed by atoms with van der Waals surface area (Å²) >= 11 is 0. The van der Waals surface area contributed by atoms with Crippen molar-refractivity contribution in [2.24, 2.45) is 0 Å². The molecule has 0 saturated carbocycles. The maximum absolute atomic E-state index is 8.55. The molecule has 1 aromatic rings. The summed E-state index contributed by atoms with van der Waals surface area (Å²) in [5, 5.41) is 11.6. The first-order valence-electron chi connectivity index (χ1n) is 6.48. The van der Waals surface area contributed by atoms with Crippen molar-refractivity contribution >= 4 is 11.9 Å². The lowest BCUT2D eigenvalue weighted by Gasteiger charge is -2.19. The molecule has 8 nitrogen and oxygen atoms in total. The van der Waals surface area contributed by atoms with Crippen LogP contribution in [0.5, 0.6) is 6.01 Å². The molecule has 8 heteroatoms. The van der Waals surface area contributed by atoms with Crippen molar-refractivity contribution in [3.8, 4) is 12.1 Å². The number of hydrogen-bond donors (Lipinski definition) is 1. The smallest absolute Gasteiger partial charge is 0.324 e. The van der Waals surface area contributed by atoms with Gasteiger partial charge in [0.25, 0.3) is 0 Å². The topological polar surface area (TPSA) is 96.2 Å². The van der Waals surface area contributed by atoms with Crippen LogP contribution in [0.2, 0.25) is 0 Å². The van der Waals surface area contributed by atoms with Crippen LogP contribution in [0.15, 0.2) is 0 Å². The largest absolute Gasteiger partial charge is 0.448 e. The number of rotatable bonds is 9. The third-order valence-corrected chi connectivity index (χ3v) is 2.50. The van der Waals surface area contributed by atoms with Gasteiger partial charge in [-0.15, -0.1) is 0 Å². The Bertz CT molecular complexity index is 444. The molecule has 0 aromatic carbocycles. The van der Waals surface area contributed by atoms with Gasteiger partial charge in [0, 0.05) is 26.7 Å². The zero-order valence-electron chi connectivity index (χ0n) is 12.1. The van der Waals surface area contributed by atoms with E-state index in [1.807, 2.05) is 24.8 Å². The Morgan fingerprint density at radius 2 is 2.00 bits per heavy atom. The summed E-state index contributed by atoms with van der Waals surface area (Å²) in [7, 11) is 1.62. The summed E-state index contributed by atoms with van der Waals surface area (Å²) in [6.45, 7) is 6.60. The molecule has 1 heterocycles. The highest BCUT2D eigenvalue weighted by Gasteiger charge is 2.11. The maximum atomic E-state index is 8.55. The first-order chi connectivity index (χ1) is 9.74. The highest BCUT2D eigenvalue weighted by molar-refractivity contribution is 5.38. The molecule has 20 heavy (non-hydrogen) atoms. The SMILES string of the molecule is CCN(CC)c1nc(NCCOC)nc(OCC#N)n1. The first kappa shape index (κ1) is 15.9. The van der Waals surface area contributed by atoms with Crippen molar-refractivity contribution in [2.45, 2.75) is 13.8 Å². The van der Waals surface area contributed by atoms with E-state index in [9.17, 15) is 0 Å². The van der Waals surface area contributed by atoms with E-state index in [0.29, 0.717) is 25.0 Å². The van der Waals surface area contributed by atoms with Crippen molar-refractivity contribution in [3.05, 3.63) is 0 Å². The molecule has 1 rings (SSSR count). The number of nitriles is 1. The van der Waals surface area contributed by atoms with E-state index in [0.717, 1.165) is 13.1 Å². The van der Waals surface area contributed by atoms with Crippen LogP contribution in [0.25, 0.3) is 0 Å². The monoisotopic (exact) mass is 280 g/mol. The molecular weight excluding hydrogens is 260 g/mol. The van der Waals surface area contributed by atoms with Crippen molar-refractivity contribution in [2.75, 3.05) is 50.2 Å². The van der Waals surface area contributed by atoms with E-state index in [1.165, 1.54) is 0 Å². The van der Waals surface area contributed by atoms with Gasteiger partial charge in [-0.05, 0) is 13.8 Å². The van der Waals surface area contributed by atoms with E-state index in [1.54, 1.807) is 7.11 Å². The lowest BCUT2D eigenvalue weighted by molar-refractivity contribution is 0.210. The highest BCUT2D eigenvalue weighted by atomic mass is 16.5. The van der Waals surface area contributed by atoms with E-state index < -0.39 is 0 Å². The number of hydrogen-bond acceptors (Lipinski definition) is 8. The Kier molecular flexibility index (Phi) is 7.06. The van der Waals surface area contributed by atoms with Crippen LogP contribution in [0.1, 0.15) is 13.8 Å². The second-order valence-electron chi connectivity index (χ2n) is 3.78. The van der Waals surface area contributed by atoms with Crippen molar-refractivity contribution in [1.29, 1.82) is 5.26 Å². The highest BCUT2D eigenvalue weighted by Crippen LogP contribution is 2.14. The molecule has 110 valence electrons. The van der Waals surface area contributed by atoms with Crippen LogP contribution < -0.4 is 15.0 Å². The minimum Gasteiger partial charge on any atom is -0.448 e.